The summed E-state index contributed by atoms with van der Waals surface area (Å²) < 4.78 is 45.9. The molecule has 0 aliphatic rings. The average Bonchev–Trinajstić information content (AvgIpc) is 2.34. The highest BCUT2D eigenvalue weighted by Crippen LogP contribution is 2.23. The maximum atomic E-state index is 13.5. The van der Waals surface area contributed by atoms with E-state index in [1.165, 1.54) is 12.1 Å². The molecule has 0 amide bonds. The van der Waals surface area contributed by atoms with Crippen LogP contribution in [0.5, 0.6) is 5.75 Å². The lowest BCUT2D eigenvalue weighted by Crippen LogP contribution is -2.08. The maximum absolute atomic E-state index is 13.5. The van der Waals surface area contributed by atoms with Crippen LogP contribution in [0.25, 0.3) is 0 Å². The van der Waals surface area contributed by atoms with E-state index in [0.717, 1.165) is 18.9 Å². The molecule has 19 heavy (non-hydrogen) atoms. The first-order valence-electron chi connectivity index (χ1n) is 5.90. The van der Waals surface area contributed by atoms with E-state index in [0.29, 0.717) is 13.2 Å². The van der Waals surface area contributed by atoms with Gasteiger partial charge in [0.2, 0.25) is 0 Å². The first-order valence-corrected chi connectivity index (χ1v) is 8.21. The summed E-state index contributed by atoms with van der Waals surface area (Å²) in [6.07, 6.45) is 2.01. The molecule has 0 atom stereocenters. The second-order valence-electron chi connectivity index (χ2n) is 3.84. The van der Waals surface area contributed by atoms with Crippen molar-refractivity contribution in [2.45, 2.75) is 24.7 Å². The van der Waals surface area contributed by atoms with Gasteiger partial charge in [-0.15, -0.1) is 0 Å². The minimum atomic E-state index is -3.93. The maximum Gasteiger partial charge on any atom is 0.261 e. The van der Waals surface area contributed by atoms with Crippen molar-refractivity contribution in [3.63, 3.8) is 0 Å². The van der Waals surface area contributed by atoms with Gasteiger partial charge in [-0.2, -0.15) is 0 Å². The summed E-state index contributed by atoms with van der Waals surface area (Å²) in [5.74, 6) is -0.793. The molecule has 0 fully saturated rings. The van der Waals surface area contributed by atoms with Crippen molar-refractivity contribution in [2.24, 2.45) is 0 Å². The van der Waals surface area contributed by atoms with E-state index in [4.69, 9.17) is 20.2 Å². The van der Waals surface area contributed by atoms with Gasteiger partial charge in [0.1, 0.15) is 6.61 Å². The molecule has 0 N–H and O–H groups in total. The van der Waals surface area contributed by atoms with Crippen LogP contribution in [0.3, 0.4) is 0 Å². The zero-order valence-electron chi connectivity index (χ0n) is 10.6. The van der Waals surface area contributed by atoms with Crippen LogP contribution in [-0.2, 0) is 13.8 Å². The molecule has 0 aliphatic carbocycles. The first-order chi connectivity index (χ1) is 8.95. The van der Waals surface area contributed by atoms with Gasteiger partial charge in [0.25, 0.3) is 9.05 Å². The van der Waals surface area contributed by atoms with E-state index < -0.39 is 14.9 Å². The molecule has 1 aromatic rings. The Labute approximate surface area is 116 Å². The second-order valence-corrected chi connectivity index (χ2v) is 6.41. The second kappa shape index (κ2) is 7.67. The summed E-state index contributed by atoms with van der Waals surface area (Å²) in [6, 6.07) is 3.25. The van der Waals surface area contributed by atoms with E-state index in [-0.39, 0.29) is 17.3 Å². The Balaban J connectivity index is 2.47. The van der Waals surface area contributed by atoms with Gasteiger partial charge in [0.05, 0.1) is 11.5 Å². The largest absolute Gasteiger partial charge is 0.488 e. The van der Waals surface area contributed by atoms with E-state index in [9.17, 15) is 12.8 Å². The summed E-state index contributed by atoms with van der Waals surface area (Å²) in [5.41, 5.74) is 0. The fourth-order valence-corrected chi connectivity index (χ4v) is 2.07. The molecule has 0 heterocycles. The fraction of sp³-hybridized carbons (Fsp3) is 0.500. The average molecular weight is 311 g/mol. The van der Waals surface area contributed by atoms with E-state index >= 15 is 0 Å². The lowest BCUT2D eigenvalue weighted by molar-refractivity contribution is 0.0966. The van der Waals surface area contributed by atoms with Crippen LogP contribution in [0, 0.1) is 5.82 Å². The minimum Gasteiger partial charge on any atom is -0.488 e. The number of halogens is 2. The highest BCUT2D eigenvalue weighted by Gasteiger charge is 2.13. The van der Waals surface area contributed by atoms with Crippen molar-refractivity contribution >= 4 is 19.7 Å². The predicted octanol–water partition coefficient (Wildman–Crippen LogP) is 2.95. The Bertz CT molecular complexity index is 504. The number of ether oxygens (including phenoxy) is 2. The topological polar surface area (TPSA) is 52.6 Å². The van der Waals surface area contributed by atoms with E-state index in [2.05, 4.69) is 6.92 Å². The van der Waals surface area contributed by atoms with Gasteiger partial charge in [-0.05, 0) is 24.6 Å². The molecule has 0 saturated carbocycles. The van der Waals surface area contributed by atoms with Crippen molar-refractivity contribution in [3.8, 4) is 5.75 Å². The molecule has 0 unspecified atom stereocenters. The highest BCUT2D eigenvalue weighted by molar-refractivity contribution is 8.13. The van der Waals surface area contributed by atoms with E-state index in [1.807, 2.05) is 0 Å². The Morgan fingerprint density at radius 3 is 2.58 bits per heavy atom. The normalized spacial score (nSPS) is 11.5. The van der Waals surface area contributed by atoms with Gasteiger partial charge in [-0.3, -0.25) is 0 Å². The van der Waals surface area contributed by atoms with Crippen molar-refractivity contribution in [1.29, 1.82) is 0 Å². The number of unbranched alkanes of at least 4 members (excludes halogenated alkanes) is 1. The SMILES string of the molecule is CCCCOCCOc1ccc(S(=O)(=O)Cl)cc1F. The Morgan fingerprint density at radius 2 is 2.00 bits per heavy atom. The molecule has 0 aliphatic heterocycles. The predicted molar refractivity (Wildman–Crippen MR) is 70.7 cm³/mol. The molecule has 0 radical (unpaired) electrons. The minimum absolute atomic E-state index is 0.0249. The Hall–Kier alpha value is -0.850. The van der Waals surface area contributed by atoms with E-state index in [1.54, 1.807) is 0 Å². The van der Waals surface area contributed by atoms with Crippen LogP contribution in [0.15, 0.2) is 23.1 Å². The van der Waals surface area contributed by atoms with Crippen molar-refractivity contribution in [3.05, 3.63) is 24.0 Å². The molecule has 0 spiro atoms. The molecule has 0 bridgehead atoms. The number of benzene rings is 1. The molecule has 4 nitrogen and oxygen atoms in total. The van der Waals surface area contributed by atoms with Crippen LogP contribution in [-0.4, -0.2) is 28.2 Å². The third kappa shape index (κ3) is 5.76. The summed E-state index contributed by atoms with van der Waals surface area (Å²) in [7, 11) is 1.18. The van der Waals surface area contributed by atoms with Crippen molar-refractivity contribution < 1.29 is 22.3 Å². The molecule has 0 aromatic heterocycles. The lowest BCUT2D eigenvalue weighted by Gasteiger charge is -2.08. The smallest absolute Gasteiger partial charge is 0.261 e. The highest BCUT2D eigenvalue weighted by atomic mass is 35.7. The number of hydrogen-bond acceptors (Lipinski definition) is 4. The summed E-state index contributed by atoms with van der Waals surface area (Å²) in [5, 5.41) is 0. The van der Waals surface area contributed by atoms with Gasteiger partial charge >= 0.3 is 0 Å². The third-order valence-corrected chi connectivity index (χ3v) is 3.66. The van der Waals surface area contributed by atoms with Crippen molar-refractivity contribution in [1.82, 2.24) is 0 Å². The molecular weight excluding hydrogens is 295 g/mol. The van der Waals surface area contributed by atoms with Gasteiger partial charge < -0.3 is 9.47 Å². The molecule has 1 aromatic carbocycles. The van der Waals surface area contributed by atoms with Crippen LogP contribution >= 0.6 is 10.7 Å². The van der Waals surface area contributed by atoms with Gasteiger partial charge in [0.15, 0.2) is 11.6 Å². The Kier molecular flexibility index (Phi) is 6.54. The molecule has 108 valence electrons. The summed E-state index contributed by atoms with van der Waals surface area (Å²) in [6.45, 7) is 3.26. The van der Waals surface area contributed by atoms with Crippen LogP contribution < -0.4 is 4.74 Å². The standard InChI is InChI=1S/C12H16ClFO4S/c1-2-3-6-17-7-8-18-12-5-4-10(9-11(12)14)19(13,15)16/h4-5,9H,2-3,6-8H2,1H3. The summed E-state index contributed by atoms with van der Waals surface area (Å²) >= 11 is 0. The van der Waals surface area contributed by atoms with Gasteiger partial charge in [0, 0.05) is 17.3 Å². The zero-order chi connectivity index (χ0) is 14.3. The van der Waals surface area contributed by atoms with Crippen LogP contribution in [0.1, 0.15) is 19.8 Å². The fourth-order valence-electron chi connectivity index (χ4n) is 1.31. The molecule has 7 heteroatoms. The van der Waals surface area contributed by atoms with Crippen LogP contribution in [0.2, 0.25) is 0 Å². The third-order valence-electron chi connectivity index (χ3n) is 2.31. The lowest BCUT2D eigenvalue weighted by atomic mass is 10.3. The number of hydrogen-bond donors (Lipinski definition) is 0. The number of rotatable bonds is 8. The summed E-state index contributed by atoms with van der Waals surface area (Å²) in [4.78, 5) is -0.293. The zero-order valence-corrected chi connectivity index (χ0v) is 12.1. The first kappa shape index (κ1) is 16.2. The molecule has 1 rings (SSSR count). The molecular formula is C12H16ClFO4S. The van der Waals surface area contributed by atoms with Gasteiger partial charge in [-0.25, -0.2) is 12.8 Å². The monoisotopic (exact) mass is 310 g/mol. The molecule has 0 saturated heterocycles. The quantitative estimate of drug-likeness (QED) is 0.547. The van der Waals surface area contributed by atoms with Crippen LogP contribution in [0.4, 0.5) is 4.39 Å². The van der Waals surface area contributed by atoms with Gasteiger partial charge in [-0.1, -0.05) is 13.3 Å². The van der Waals surface area contributed by atoms with Crippen molar-refractivity contribution in [2.75, 3.05) is 19.8 Å². The Morgan fingerprint density at radius 1 is 1.26 bits per heavy atom.